The minimum absolute atomic E-state index is 0.412. The lowest BCUT2D eigenvalue weighted by atomic mass is 10.3. The molecule has 0 bridgehead atoms. The number of halogens is 1. The monoisotopic (exact) mass is 371 g/mol. The fourth-order valence-electron chi connectivity index (χ4n) is 1.92. The summed E-state index contributed by atoms with van der Waals surface area (Å²) in [5, 5.41) is 14.3. The van der Waals surface area contributed by atoms with Gasteiger partial charge in [-0.2, -0.15) is 10.1 Å². The van der Waals surface area contributed by atoms with E-state index in [2.05, 4.69) is 41.7 Å². The summed E-state index contributed by atoms with van der Waals surface area (Å²) < 4.78 is 6.06. The van der Waals surface area contributed by atoms with E-state index in [1.807, 2.05) is 48.5 Å². The predicted octanol–water partition coefficient (Wildman–Crippen LogP) is 4.13. The second kappa shape index (κ2) is 7.06. The second-order valence-corrected chi connectivity index (χ2v) is 5.48. The molecule has 0 saturated heterocycles. The number of hydrogen-bond acceptors (Lipinski definition) is 6. The molecule has 0 radical (unpaired) electrons. The van der Waals surface area contributed by atoms with Crippen LogP contribution in [0.15, 0.2) is 59.2 Å². The van der Waals surface area contributed by atoms with E-state index in [4.69, 9.17) is 4.74 Å². The van der Waals surface area contributed by atoms with Gasteiger partial charge in [0.1, 0.15) is 5.75 Å². The van der Waals surface area contributed by atoms with Gasteiger partial charge in [0, 0.05) is 10.2 Å². The summed E-state index contributed by atoms with van der Waals surface area (Å²) in [4.78, 5) is 4.40. The fraction of sp³-hybridized carbons (Fsp3) is 0.0625. The third kappa shape index (κ3) is 3.95. The molecule has 0 aliphatic rings. The Labute approximate surface area is 142 Å². The first-order valence-corrected chi connectivity index (χ1v) is 7.66. The average molecular weight is 372 g/mol. The maximum atomic E-state index is 5.14. The topological polar surface area (TPSA) is 72.0 Å². The highest BCUT2D eigenvalue weighted by atomic mass is 79.9. The van der Waals surface area contributed by atoms with Crippen LogP contribution in [0.2, 0.25) is 0 Å². The van der Waals surface area contributed by atoms with Crippen molar-refractivity contribution in [2.75, 3.05) is 17.7 Å². The van der Waals surface area contributed by atoms with Crippen LogP contribution in [0.5, 0.6) is 5.75 Å². The molecule has 3 aromatic rings. The Morgan fingerprint density at radius 2 is 1.78 bits per heavy atom. The number of para-hydroxylation sites is 1. The van der Waals surface area contributed by atoms with Crippen LogP contribution in [0.1, 0.15) is 0 Å². The van der Waals surface area contributed by atoms with Crippen molar-refractivity contribution in [3.63, 3.8) is 0 Å². The first-order chi connectivity index (χ1) is 11.2. The summed E-state index contributed by atoms with van der Waals surface area (Å²) in [6.07, 6.45) is 1.56. The number of hydrogen-bond donors (Lipinski definition) is 2. The van der Waals surface area contributed by atoms with Crippen LogP contribution >= 0.6 is 15.9 Å². The molecular weight excluding hydrogens is 358 g/mol. The van der Waals surface area contributed by atoms with Crippen molar-refractivity contribution in [2.45, 2.75) is 0 Å². The Balaban J connectivity index is 1.75. The molecule has 0 amide bonds. The molecule has 0 aliphatic heterocycles. The number of nitrogens with one attached hydrogen (secondary N) is 2. The maximum Gasteiger partial charge on any atom is 0.249 e. The highest BCUT2D eigenvalue weighted by molar-refractivity contribution is 9.10. The molecule has 23 heavy (non-hydrogen) atoms. The Bertz CT molecular complexity index is 794. The van der Waals surface area contributed by atoms with E-state index in [0.717, 1.165) is 21.6 Å². The standard InChI is InChI=1S/C16H14BrN5O/c1-23-12-8-6-11(7-9-12)19-15-10-18-22-16(21-15)20-14-5-3-2-4-13(14)17/h2-10H,1H3,(H2,19,20,21,22). The second-order valence-electron chi connectivity index (χ2n) is 4.62. The number of anilines is 4. The number of rotatable bonds is 5. The SMILES string of the molecule is COc1ccc(Nc2cnnc(Nc3ccccc3Br)n2)cc1. The van der Waals surface area contributed by atoms with Crippen molar-refractivity contribution in [3.8, 4) is 5.75 Å². The molecule has 0 atom stereocenters. The lowest BCUT2D eigenvalue weighted by Gasteiger charge is -2.09. The van der Waals surface area contributed by atoms with Gasteiger partial charge < -0.3 is 15.4 Å². The third-order valence-electron chi connectivity index (χ3n) is 3.04. The Hall–Kier alpha value is -2.67. The van der Waals surface area contributed by atoms with E-state index in [1.165, 1.54) is 0 Å². The van der Waals surface area contributed by atoms with E-state index in [1.54, 1.807) is 13.3 Å². The van der Waals surface area contributed by atoms with Gasteiger partial charge in [0.25, 0.3) is 0 Å². The molecule has 0 aliphatic carbocycles. The summed E-state index contributed by atoms with van der Waals surface area (Å²) in [7, 11) is 1.64. The van der Waals surface area contributed by atoms with Gasteiger partial charge in [-0.1, -0.05) is 12.1 Å². The largest absolute Gasteiger partial charge is 0.497 e. The quantitative estimate of drug-likeness (QED) is 0.702. The van der Waals surface area contributed by atoms with E-state index >= 15 is 0 Å². The highest BCUT2D eigenvalue weighted by Gasteiger charge is 2.04. The van der Waals surface area contributed by atoms with E-state index < -0.39 is 0 Å². The van der Waals surface area contributed by atoms with Crippen LogP contribution < -0.4 is 15.4 Å². The van der Waals surface area contributed by atoms with Gasteiger partial charge >= 0.3 is 0 Å². The molecule has 1 aromatic heterocycles. The lowest BCUT2D eigenvalue weighted by molar-refractivity contribution is 0.415. The van der Waals surface area contributed by atoms with Gasteiger partial charge in [0.2, 0.25) is 5.95 Å². The van der Waals surface area contributed by atoms with E-state index in [-0.39, 0.29) is 0 Å². The minimum Gasteiger partial charge on any atom is -0.497 e. The van der Waals surface area contributed by atoms with Crippen LogP contribution in [-0.2, 0) is 0 Å². The molecule has 0 spiro atoms. The van der Waals surface area contributed by atoms with Crippen molar-refractivity contribution >= 4 is 39.1 Å². The van der Waals surface area contributed by atoms with Gasteiger partial charge in [-0.05, 0) is 52.3 Å². The van der Waals surface area contributed by atoms with Crippen LogP contribution in [0.3, 0.4) is 0 Å². The van der Waals surface area contributed by atoms with Gasteiger partial charge in [-0.25, -0.2) is 0 Å². The summed E-state index contributed by atoms with van der Waals surface area (Å²) in [5.74, 6) is 1.81. The Kier molecular flexibility index (Phi) is 4.68. The van der Waals surface area contributed by atoms with Gasteiger partial charge in [-0.3, -0.25) is 0 Å². The number of methoxy groups -OCH3 is 1. The summed E-state index contributed by atoms with van der Waals surface area (Å²) in [6, 6.07) is 15.3. The maximum absolute atomic E-state index is 5.14. The minimum atomic E-state index is 0.412. The predicted molar refractivity (Wildman–Crippen MR) is 93.5 cm³/mol. The molecule has 116 valence electrons. The van der Waals surface area contributed by atoms with Crippen LogP contribution in [0, 0.1) is 0 Å². The molecule has 7 heteroatoms. The molecule has 0 fully saturated rings. The molecule has 0 saturated carbocycles. The number of aromatic nitrogens is 3. The van der Waals surface area contributed by atoms with Crippen molar-refractivity contribution in [2.24, 2.45) is 0 Å². The number of benzene rings is 2. The van der Waals surface area contributed by atoms with Gasteiger partial charge in [0.15, 0.2) is 5.82 Å². The molecule has 0 unspecified atom stereocenters. The van der Waals surface area contributed by atoms with Gasteiger partial charge in [0.05, 0.1) is 19.0 Å². The average Bonchev–Trinajstić information content (AvgIpc) is 2.58. The Morgan fingerprint density at radius 3 is 2.52 bits per heavy atom. The van der Waals surface area contributed by atoms with Crippen molar-refractivity contribution in [1.82, 2.24) is 15.2 Å². The molecule has 2 aromatic carbocycles. The first-order valence-electron chi connectivity index (χ1n) is 6.87. The zero-order valence-corrected chi connectivity index (χ0v) is 13.9. The van der Waals surface area contributed by atoms with Crippen LogP contribution in [-0.4, -0.2) is 22.3 Å². The number of ether oxygens (including phenoxy) is 1. The normalized spacial score (nSPS) is 10.2. The van der Waals surface area contributed by atoms with E-state index in [0.29, 0.717) is 11.8 Å². The number of nitrogens with zero attached hydrogens (tertiary/aromatic N) is 3. The van der Waals surface area contributed by atoms with Crippen molar-refractivity contribution < 1.29 is 4.74 Å². The molecule has 2 N–H and O–H groups in total. The molecule has 1 heterocycles. The summed E-state index contributed by atoms with van der Waals surface area (Å²) in [5.41, 5.74) is 1.76. The fourth-order valence-corrected chi connectivity index (χ4v) is 2.31. The first kappa shape index (κ1) is 15.2. The van der Waals surface area contributed by atoms with Gasteiger partial charge in [-0.15, -0.1) is 5.10 Å². The van der Waals surface area contributed by atoms with Crippen molar-refractivity contribution in [3.05, 3.63) is 59.2 Å². The lowest BCUT2D eigenvalue weighted by Crippen LogP contribution is -2.02. The highest BCUT2D eigenvalue weighted by Crippen LogP contribution is 2.24. The van der Waals surface area contributed by atoms with E-state index in [9.17, 15) is 0 Å². The summed E-state index contributed by atoms with van der Waals surface area (Å²) >= 11 is 3.47. The smallest absolute Gasteiger partial charge is 0.249 e. The summed E-state index contributed by atoms with van der Waals surface area (Å²) in [6.45, 7) is 0. The zero-order chi connectivity index (χ0) is 16.1. The molecular formula is C16H14BrN5O. The third-order valence-corrected chi connectivity index (χ3v) is 3.73. The Morgan fingerprint density at radius 1 is 1.00 bits per heavy atom. The zero-order valence-electron chi connectivity index (χ0n) is 12.3. The van der Waals surface area contributed by atoms with Crippen LogP contribution in [0.4, 0.5) is 23.1 Å². The van der Waals surface area contributed by atoms with Crippen LogP contribution in [0.25, 0.3) is 0 Å². The molecule has 3 rings (SSSR count). The van der Waals surface area contributed by atoms with Crippen molar-refractivity contribution in [1.29, 1.82) is 0 Å². The molecule has 6 nitrogen and oxygen atoms in total.